The van der Waals surface area contributed by atoms with Gasteiger partial charge in [-0.25, -0.2) is 0 Å². The molecular weight excluding hydrogens is 270 g/mol. The minimum atomic E-state index is -0.797. The number of carboxylic acid groups (broad SMARTS) is 1. The summed E-state index contributed by atoms with van der Waals surface area (Å²) in [7, 11) is 0. The van der Waals surface area contributed by atoms with E-state index in [9.17, 15) is 9.59 Å². The molecule has 0 atom stereocenters. The molecule has 122 valence electrons. The molecule has 1 rings (SSSR count). The average Bonchev–Trinajstić information content (AvgIpc) is 2.42. The van der Waals surface area contributed by atoms with Gasteiger partial charge >= 0.3 is 5.97 Å². The van der Waals surface area contributed by atoms with Crippen molar-refractivity contribution in [3.8, 4) is 0 Å². The van der Waals surface area contributed by atoms with Gasteiger partial charge < -0.3 is 15.5 Å². The molecule has 0 bridgehead atoms. The number of hydrogen-bond donors (Lipinski definition) is 3. The molecular formula is C16H29NO4. The van der Waals surface area contributed by atoms with Gasteiger partial charge in [0.05, 0.1) is 6.42 Å². The van der Waals surface area contributed by atoms with Crippen molar-refractivity contribution in [3.05, 3.63) is 0 Å². The largest absolute Gasteiger partial charge is 0.481 e. The molecule has 1 saturated carbocycles. The molecule has 0 aromatic heterocycles. The Bertz CT molecular complexity index is 324. The zero-order valence-electron chi connectivity index (χ0n) is 12.9. The lowest BCUT2D eigenvalue weighted by Gasteiger charge is -2.35. The maximum absolute atomic E-state index is 12.0. The van der Waals surface area contributed by atoms with Crippen LogP contribution in [-0.2, 0) is 9.59 Å². The molecule has 21 heavy (non-hydrogen) atoms. The maximum Gasteiger partial charge on any atom is 0.303 e. The molecule has 1 aliphatic carbocycles. The van der Waals surface area contributed by atoms with E-state index in [0.29, 0.717) is 13.0 Å². The number of aliphatic hydroxyl groups is 1. The van der Waals surface area contributed by atoms with Crippen LogP contribution in [0.25, 0.3) is 0 Å². The van der Waals surface area contributed by atoms with Crippen molar-refractivity contribution in [3.63, 3.8) is 0 Å². The summed E-state index contributed by atoms with van der Waals surface area (Å²) < 4.78 is 0. The smallest absolute Gasteiger partial charge is 0.303 e. The highest BCUT2D eigenvalue weighted by Gasteiger charge is 2.36. The summed E-state index contributed by atoms with van der Waals surface area (Å²) in [6, 6.07) is 0. The second-order valence-electron chi connectivity index (χ2n) is 6.30. The number of nitrogens with one attached hydrogen (secondary N) is 1. The number of carboxylic acids is 1. The van der Waals surface area contributed by atoms with E-state index in [1.165, 1.54) is 0 Å². The summed E-state index contributed by atoms with van der Waals surface area (Å²) in [5, 5.41) is 20.7. The van der Waals surface area contributed by atoms with E-state index in [1.807, 2.05) is 0 Å². The van der Waals surface area contributed by atoms with Crippen LogP contribution in [0.15, 0.2) is 0 Å². The Morgan fingerprint density at radius 1 is 0.952 bits per heavy atom. The zero-order valence-corrected chi connectivity index (χ0v) is 12.9. The molecule has 0 spiro atoms. The lowest BCUT2D eigenvalue weighted by Crippen LogP contribution is -2.35. The predicted octanol–water partition coefficient (Wildman–Crippen LogP) is 2.47. The highest BCUT2D eigenvalue weighted by atomic mass is 16.4. The van der Waals surface area contributed by atoms with Gasteiger partial charge in [-0.05, 0) is 31.1 Å². The van der Waals surface area contributed by atoms with Crippen LogP contribution in [0.1, 0.15) is 70.6 Å². The molecule has 0 heterocycles. The first-order valence-corrected chi connectivity index (χ1v) is 8.17. The molecule has 3 N–H and O–H groups in total. The van der Waals surface area contributed by atoms with Gasteiger partial charge in [-0.15, -0.1) is 0 Å². The number of amides is 1. The Labute approximate surface area is 127 Å². The number of rotatable bonds is 10. The van der Waals surface area contributed by atoms with Gasteiger partial charge in [0, 0.05) is 19.6 Å². The predicted molar refractivity (Wildman–Crippen MR) is 81.0 cm³/mol. The topological polar surface area (TPSA) is 86.6 Å². The Hall–Kier alpha value is -1.10. The molecule has 0 unspecified atom stereocenters. The first kappa shape index (κ1) is 18.0. The van der Waals surface area contributed by atoms with Crippen LogP contribution in [-0.4, -0.2) is 35.2 Å². The quantitative estimate of drug-likeness (QED) is 0.541. The van der Waals surface area contributed by atoms with Crippen LogP contribution in [0.4, 0.5) is 0 Å². The number of carbonyl (C=O) groups excluding carboxylic acids is 1. The molecule has 0 radical (unpaired) electrons. The van der Waals surface area contributed by atoms with Gasteiger partial charge in [0.25, 0.3) is 0 Å². The lowest BCUT2D eigenvalue weighted by atomic mass is 9.69. The van der Waals surface area contributed by atoms with Crippen LogP contribution in [0, 0.1) is 5.41 Å². The van der Waals surface area contributed by atoms with Crippen molar-refractivity contribution in [2.75, 3.05) is 13.2 Å². The van der Waals surface area contributed by atoms with Crippen molar-refractivity contribution >= 4 is 11.9 Å². The van der Waals surface area contributed by atoms with Crippen LogP contribution >= 0.6 is 0 Å². The lowest BCUT2D eigenvalue weighted by molar-refractivity contribution is -0.141. The Kier molecular flexibility index (Phi) is 8.35. The Morgan fingerprint density at radius 2 is 1.62 bits per heavy atom. The van der Waals surface area contributed by atoms with Gasteiger partial charge in [-0.3, -0.25) is 9.59 Å². The third-order valence-corrected chi connectivity index (χ3v) is 4.38. The first-order chi connectivity index (χ1) is 10.1. The summed E-state index contributed by atoms with van der Waals surface area (Å²) in [6.07, 6.45) is 9.07. The molecule has 0 aliphatic heterocycles. The van der Waals surface area contributed by atoms with Crippen molar-refractivity contribution in [2.45, 2.75) is 70.6 Å². The fourth-order valence-corrected chi connectivity index (χ4v) is 3.26. The molecule has 0 saturated heterocycles. The van der Waals surface area contributed by atoms with Gasteiger partial charge in [0.1, 0.15) is 0 Å². The summed E-state index contributed by atoms with van der Waals surface area (Å²) in [5.41, 5.74) is -0.328. The molecule has 1 fully saturated rings. The standard InChI is InChI=1S/C16H29NO4/c18-11-7-2-1-6-10-17-14(19)12-16(13-15(20)21)8-4-3-5-9-16/h18H,1-13H2,(H,17,19)(H,20,21). The normalized spacial score (nSPS) is 17.4. The van der Waals surface area contributed by atoms with E-state index < -0.39 is 5.97 Å². The van der Waals surface area contributed by atoms with E-state index in [1.54, 1.807) is 0 Å². The van der Waals surface area contributed by atoms with Crippen LogP contribution in [0.3, 0.4) is 0 Å². The van der Waals surface area contributed by atoms with E-state index in [2.05, 4.69) is 5.32 Å². The second kappa shape index (κ2) is 9.77. The molecule has 0 aromatic rings. The van der Waals surface area contributed by atoms with Crippen LogP contribution < -0.4 is 5.32 Å². The Balaban J connectivity index is 2.30. The summed E-state index contributed by atoms with van der Waals surface area (Å²) >= 11 is 0. The third kappa shape index (κ3) is 7.46. The number of hydrogen-bond acceptors (Lipinski definition) is 3. The molecule has 1 aliphatic rings. The number of unbranched alkanes of at least 4 members (excludes halogenated alkanes) is 3. The van der Waals surface area contributed by atoms with E-state index in [4.69, 9.17) is 10.2 Å². The van der Waals surface area contributed by atoms with Crippen LogP contribution in [0.2, 0.25) is 0 Å². The SMILES string of the molecule is O=C(O)CC1(CC(=O)NCCCCCCO)CCCCC1. The highest BCUT2D eigenvalue weighted by Crippen LogP contribution is 2.42. The van der Waals surface area contributed by atoms with Gasteiger partial charge in [0.2, 0.25) is 5.91 Å². The highest BCUT2D eigenvalue weighted by molar-refractivity contribution is 5.78. The summed E-state index contributed by atoms with van der Waals surface area (Å²) in [6.45, 7) is 0.873. The van der Waals surface area contributed by atoms with Gasteiger partial charge in [-0.2, -0.15) is 0 Å². The van der Waals surface area contributed by atoms with Crippen molar-refractivity contribution in [2.24, 2.45) is 5.41 Å². The van der Waals surface area contributed by atoms with Crippen LogP contribution in [0.5, 0.6) is 0 Å². The summed E-state index contributed by atoms with van der Waals surface area (Å²) in [4.78, 5) is 23.1. The monoisotopic (exact) mass is 299 g/mol. The molecule has 5 nitrogen and oxygen atoms in total. The molecule has 1 amide bonds. The first-order valence-electron chi connectivity index (χ1n) is 8.17. The van der Waals surface area contributed by atoms with Crippen molar-refractivity contribution in [1.82, 2.24) is 5.32 Å². The third-order valence-electron chi connectivity index (χ3n) is 4.38. The minimum Gasteiger partial charge on any atom is -0.481 e. The molecule has 0 aromatic carbocycles. The van der Waals surface area contributed by atoms with Crippen molar-refractivity contribution < 1.29 is 19.8 Å². The average molecular weight is 299 g/mol. The second-order valence-corrected chi connectivity index (χ2v) is 6.30. The minimum absolute atomic E-state index is 0.0136. The van der Waals surface area contributed by atoms with Gasteiger partial charge in [-0.1, -0.05) is 32.1 Å². The fourth-order valence-electron chi connectivity index (χ4n) is 3.26. The van der Waals surface area contributed by atoms with Crippen molar-refractivity contribution in [1.29, 1.82) is 0 Å². The number of carbonyl (C=O) groups is 2. The zero-order chi connectivity index (χ0) is 15.6. The Morgan fingerprint density at radius 3 is 2.24 bits per heavy atom. The maximum atomic E-state index is 12.0. The molecule has 5 heteroatoms. The summed E-state index contributed by atoms with van der Waals surface area (Å²) in [5.74, 6) is -0.811. The number of aliphatic hydroxyl groups excluding tert-OH is 1. The van der Waals surface area contributed by atoms with E-state index in [-0.39, 0.29) is 24.3 Å². The van der Waals surface area contributed by atoms with E-state index >= 15 is 0 Å². The van der Waals surface area contributed by atoms with E-state index in [0.717, 1.165) is 57.8 Å². The fraction of sp³-hybridized carbons (Fsp3) is 0.875. The van der Waals surface area contributed by atoms with Gasteiger partial charge in [0.15, 0.2) is 0 Å². The number of aliphatic carboxylic acids is 1.